The number of hydrogen-bond donors (Lipinski definition) is 0. The van der Waals surface area contributed by atoms with E-state index in [9.17, 15) is 0 Å². The van der Waals surface area contributed by atoms with Gasteiger partial charge < -0.3 is 9.47 Å². The van der Waals surface area contributed by atoms with Crippen molar-refractivity contribution in [2.75, 3.05) is 0 Å². The fraction of sp³-hybridized carbons (Fsp3) is 0.818. The van der Waals surface area contributed by atoms with Crippen molar-refractivity contribution >= 4 is 0 Å². The third-order valence-electron chi connectivity index (χ3n) is 3.05. The van der Waals surface area contributed by atoms with Crippen molar-refractivity contribution in [3.8, 4) is 0 Å². The Morgan fingerprint density at radius 1 is 1.08 bits per heavy atom. The monoisotopic (exact) mass is 182 g/mol. The third-order valence-corrected chi connectivity index (χ3v) is 3.05. The highest BCUT2D eigenvalue weighted by Gasteiger charge is 2.34. The Kier molecular flexibility index (Phi) is 2.70. The lowest BCUT2D eigenvalue weighted by molar-refractivity contribution is -0.103. The number of ether oxygens (including phenoxy) is 2. The van der Waals surface area contributed by atoms with Crippen LogP contribution in [0.1, 0.15) is 33.1 Å². The smallest absolute Gasteiger partial charge is 0.161 e. The van der Waals surface area contributed by atoms with Crippen LogP contribution in [0.4, 0.5) is 0 Å². The van der Waals surface area contributed by atoms with Crippen molar-refractivity contribution in [3.05, 3.63) is 12.2 Å². The zero-order valence-electron chi connectivity index (χ0n) is 8.40. The van der Waals surface area contributed by atoms with Gasteiger partial charge in [0.1, 0.15) is 0 Å². The Labute approximate surface area is 79.9 Å². The molecule has 1 heterocycles. The molecular weight excluding hydrogens is 164 g/mol. The summed E-state index contributed by atoms with van der Waals surface area (Å²) < 4.78 is 11.5. The summed E-state index contributed by atoms with van der Waals surface area (Å²) in [5, 5.41) is 0. The molecule has 74 valence electrons. The highest BCUT2D eigenvalue weighted by molar-refractivity contribution is 4.92. The van der Waals surface area contributed by atoms with Crippen LogP contribution in [0, 0.1) is 5.92 Å². The number of hydrogen-bond acceptors (Lipinski definition) is 2. The van der Waals surface area contributed by atoms with Crippen molar-refractivity contribution in [3.63, 3.8) is 0 Å². The molecule has 2 aliphatic rings. The van der Waals surface area contributed by atoms with E-state index < -0.39 is 0 Å². The largest absolute Gasteiger partial charge is 0.347 e. The van der Waals surface area contributed by atoms with E-state index >= 15 is 0 Å². The zero-order chi connectivity index (χ0) is 9.26. The fourth-order valence-corrected chi connectivity index (χ4v) is 1.96. The summed E-state index contributed by atoms with van der Waals surface area (Å²) in [6, 6.07) is 0. The van der Waals surface area contributed by atoms with Gasteiger partial charge in [-0.2, -0.15) is 0 Å². The first-order valence-corrected chi connectivity index (χ1v) is 5.23. The van der Waals surface area contributed by atoms with E-state index in [0.717, 1.165) is 6.42 Å². The molecule has 0 N–H and O–H groups in total. The van der Waals surface area contributed by atoms with E-state index in [1.807, 2.05) is 0 Å². The van der Waals surface area contributed by atoms with Crippen molar-refractivity contribution < 1.29 is 9.47 Å². The molecule has 0 aromatic carbocycles. The van der Waals surface area contributed by atoms with Gasteiger partial charge in [0, 0.05) is 5.92 Å². The van der Waals surface area contributed by atoms with Gasteiger partial charge in [0.2, 0.25) is 0 Å². The molecule has 2 nitrogen and oxygen atoms in total. The van der Waals surface area contributed by atoms with E-state index in [1.165, 1.54) is 12.8 Å². The van der Waals surface area contributed by atoms with Gasteiger partial charge >= 0.3 is 0 Å². The molecule has 3 atom stereocenters. The first kappa shape index (κ1) is 9.22. The number of allylic oxidation sites excluding steroid dienone is 2. The van der Waals surface area contributed by atoms with Gasteiger partial charge in [0.15, 0.2) is 6.29 Å². The average molecular weight is 182 g/mol. The summed E-state index contributed by atoms with van der Waals surface area (Å²) in [6.07, 6.45) is 8.57. The normalized spacial score (nSPS) is 45.4. The van der Waals surface area contributed by atoms with E-state index in [-0.39, 0.29) is 18.5 Å². The van der Waals surface area contributed by atoms with Gasteiger partial charge in [-0.25, -0.2) is 0 Å². The molecule has 0 radical (unpaired) electrons. The molecule has 2 heteroatoms. The molecule has 0 spiro atoms. The Balaban J connectivity index is 1.91. The maximum absolute atomic E-state index is 5.76. The molecule has 0 aromatic rings. The van der Waals surface area contributed by atoms with Gasteiger partial charge in [-0.3, -0.25) is 0 Å². The summed E-state index contributed by atoms with van der Waals surface area (Å²) in [5.41, 5.74) is 0. The molecule has 3 unspecified atom stereocenters. The lowest BCUT2D eigenvalue weighted by Crippen LogP contribution is -2.23. The second-order valence-electron chi connectivity index (χ2n) is 4.10. The first-order chi connectivity index (χ1) is 6.27. The van der Waals surface area contributed by atoms with Crippen molar-refractivity contribution in [2.45, 2.75) is 51.6 Å². The van der Waals surface area contributed by atoms with Crippen LogP contribution in [0.5, 0.6) is 0 Å². The maximum Gasteiger partial charge on any atom is 0.161 e. The highest BCUT2D eigenvalue weighted by atomic mass is 16.7. The maximum atomic E-state index is 5.76. The van der Waals surface area contributed by atoms with Crippen LogP contribution in [-0.4, -0.2) is 18.5 Å². The second kappa shape index (κ2) is 3.81. The van der Waals surface area contributed by atoms with E-state index in [2.05, 4.69) is 26.0 Å². The van der Waals surface area contributed by atoms with Crippen LogP contribution < -0.4 is 0 Å². The molecule has 13 heavy (non-hydrogen) atoms. The van der Waals surface area contributed by atoms with Crippen LogP contribution in [0.3, 0.4) is 0 Å². The predicted molar refractivity (Wildman–Crippen MR) is 51.4 cm³/mol. The molecule has 0 amide bonds. The van der Waals surface area contributed by atoms with Crippen molar-refractivity contribution in [2.24, 2.45) is 5.92 Å². The molecule has 1 aliphatic heterocycles. The highest BCUT2D eigenvalue weighted by Crippen LogP contribution is 2.30. The van der Waals surface area contributed by atoms with E-state index in [4.69, 9.17) is 9.47 Å². The quantitative estimate of drug-likeness (QED) is 0.580. The molecular formula is C11H18O2. The summed E-state index contributed by atoms with van der Waals surface area (Å²) in [7, 11) is 0. The summed E-state index contributed by atoms with van der Waals surface area (Å²) in [4.78, 5) is 0. The molecule has 1 saturated heterocycles. The molecule has 1 fully saturated rings. The minimum Gasteiger partial charge on any atom is -0.347 e. The van der Waals surface area contributed by atoms with Crippen molar-refractivity contribution in [1.29, 1.82) is 0 Å². The van der Waals surface area contributed by atoms with E-state index in [0.29, 0.717) is 5.92 Å². The standard InChI is InChI=1S/C11H18O2/c1-8-9(2)13-11(12-8)10-6-4-3-5-7-10/h3-4,8-11H,5-7H2,1-2H3. The lowest BCUT2D eigenvalue weighted by Gasteiger charge is -2.23. The van der Waals surface area contributed by atoms with Crippen LogP contribution >= 0.6 is 0 Å². The van der Waals surface area contributed by atoms with Crippen LogP contribution in [-0.2, 0) is 9.47 Å². The molecule has 0 bridgehead atoms. The predicted octanol–water partition coefficient (Wildman–Crippen LogP) is 2.49. The van der Waals surface area contributed by atoms with Crippen molar-refractivity contribution in [1.82, 2.24) is 0 Å². The minimum atomic E-state index is 0.0509. The van der Waals surface area contributed by atoms with Crippen LogP contribution in [0.15, 0.2) is 12.2 Å². The van der Waals surface area contributed by atoms with Gasteiger partial charge in [0.25, 0.3) is 0 Å². The summed E-state index contributed by atoms with van der Waals surface area (Å²) >= 11 is 0. The topological polar surface area (TPSA) is 18.5 Å². The average Bonchev–Trinajstić information content (AvgIpc) is 2.49. The minimum absolute atomic E-state index is 0.0509. The number of rotatable bonds is 1. The van der Waals surface area contributed by atoms with Gasteiger partial charge in [0.05, 0.1) is 12.2 Å². The lowest BCUT2D eigenvalue weighted by atomic mass is 9.94. The van der Waals surface area contributed by atoms with Gasteiger partial charge in [-0.15, -0.1) is 0 Å². The molecule has 1 aliphatic carbocycles. The Morgan fingerprint density at radius 3 is 2.31 bits per heavy atom. The molecule has 0 aromatic heterocycles. The fourth-order valence-electron chi connectivity index (χ4n) is 1.96. The summed E-state index contributed by atoms with van der Waals surface area (Å²) in [6.45, 7) is 4.17. The SMILES string of the molecule is CC1OC(C2CC=CCC2)OC1C. The Morgan fingerprint density at radius 2 is 1.77 bits per heavy atom. The Hall–Kier alpha value is -0.340. The zero-order valence-corrected chi connectivity index (χ0v) is 8.40. The first-order valence-electron chi connectivity index (χ1n) is 5.23. The molecule has 2 rings (SSSR count). The Bertz CT molecular complexity index is 190. The van der Waals surface area contributed by atoms with Gasteiger partial charge in [-0.1, -0.05) is 12.2 Å². The van der Waals surface area contributed by atoms with Crippen LogP contribution in [0.25, 0.3) is 0 Å². The summed E-state index contributed by atoms with van der Waals surface area (Å²) in [5.74, 6) is 0.581. The second-order valence-corrected chi connectivity index (χ2v) is 4.10. The van der Waals surface area contributed by atoms with E-state index in [1.54, 1.807) is 0 Å². The third kappa shape index (κ3) is 1.94. The van der Waals surface area contributed by atoms with Gasteiger partial charge in [-0.05, 0) is 33.1 Å². The molecule has 0 saturated carbocycles. The van der Waals surface area contributed by atoms with Crippen LogP contribution in [0.2, 0.25) is 0 Å².